The standard InChI is InChI=1S/C12H22O8/c1-3-4-6(13)8(15)10-9(16)7(14)5-12(19-2,20-10)11(17)18/h6-10,13-16H,3-5H2,1-2H3,(H,17,18)/t6-,7-,8?,9-,10?,12-/m1/s1. The van der Waals surface area contributed by atoms with Crippen molar-refractivity contribution in [1.82, 2.24) is 0 Å². The maximum Gasteiger partial charge on any atom is 0.364 e. The summed E-state index contributed by atoms with van der Waals surface area (Å²) in [5, 5.41) is 48.5. The average Bonchev–Trinajstić information content (AvgIpc) is 2.41. The summed E-state index contributed by atoms with van der Waals surface area (Å²) in [6.07, 6.45) is -6.81. The summed E-state index contributed by atoms with van der Waals surface area (Å²) in [5.41, 5.74) is 0. The van der Waals surface area contributed by atoms with Crippen molar-refractivity contribution in [2.45, 2.75) is 62.5 Å². The van der Waals surface area contributed by atoms with Crippen molar-refractivity contribution >= 4 is 5.97 Å². The van der Waals surface area contributed by atoms with Gasteiger partial charge < -0.3 is 35.0 Å². The first-order valence-corrected chi connectivity index (χ1v) is 6.47. The number of rotatable bonds is 6. The number of carboxylic acid groups (broad SMARTS) is 1. The molecule has 20 heavy (non-hydrogen) atoms. The highest BCUT2D eigenvalue weighted by molar-refractivity contribution is 5.76. The number of methoxy groups -OCH3 is 1. The minimum atomic E-state index is -2.16. The summed E-state index contributed by atoms with van der Waals surface area (Å²) < 4.78 is 9.95. The fourth-order valence-electron chi connectivity index (χ4n) is 2.27. The number of aliphatic hydroxyl groups excluding tert-OH is 4. The Hall–Kier alpha value is -0.770. The fraction of sp³-hybridized carbons (Fsp3) is 0.917. The molecule has 1 saturated heterocycles. The van der Waals surface area contributed by atoms with Gasteiger partial charge in [-0.2, -0.15) is 0 Å². The Morgan fingerprint density at radius 3 is 2.50 bits per heavy atom. The molecule has 5 N–H and O–H groups in total. The third-order valence-electron chi connectivity index (χ3n) is 3.51. The lowest BCUT2D eigenvalue weighted by Crippen LogP contribution is -2.63. The smallest absolute Gasteiger partial charge is 0.364 e. The fourth-order valence-corrected chi connectivity index (χ4v) is 2.27. The quantitative estimate of drug-likeness (QED) is 0.397. The molecular formula is C12H22O8. The zero-order chi connectivity index (χ0) is 15.5. The van der Waals surface area contributed by atoms with Crippen molar-refractivity contribution in [2.24, 2.45) is 0 Å². The SMILES string of the molecule is CCC[C@@H](O)C(O)C1O[C@@](OC)(C(=O)O)C[C@@H](O)[C@H]1O. The number of ether oxygens (including phenoxy) is 2. The summed E-state index contributed by atoms with van der Waals surface area (Å²) in [6, 6.07) is 0. The first-order valence-electron chi connectivity index (χ1n) is 6.47. The summed E-state index contributed by atoms with van der Waals surface area (Å²) in [7, 11) is 1.09. The third kappa shape index (κ3) is 3.27. The highest BCUT2D eigenvalue weighted by Crippen LogP contribution is 2.33. The van der Waals surface area contributed by atoms with Gasteiger partial charge in [-0.1, -0.05) is 13.3 Å². The van der Waals surface area contributed by atoms with Crippen LogP contribution in [0.1, 0.15) is 26.2 Å². The predicted octanol–water partition coefficient (Wildman–Crippen LogP) is -1.55. The maximum atomic E-state index is 11.2. The Morgan fingerprint density at radius 2 is 2.05 bits per heavy atom. The molecule has 0 radical (unpaired) electrons. The molecule has 1 aliphatic rings. The molecule has 0 aromatic carbocycles. The summed E-state index contributed by atoms with van der Waals surface area (Å²) in [6.45, 7) is 1.79. The van der Waals surface area contributed by atoms with Crippen LogP contribution in [0.25, 0.3) is 0 Å². The second-order valence-electron chi connectivity index (χ2n) is 4.95. The van der Waals surface area contributed by atoms with Gasteiger partial charge in [-0.25, -0.2) is 4.79 Å². The van der Waals surface area contributed by atoms with Gasteiger partial charge in [0.25, 0.3) is 5.79 Å². The van der Waals surface area contributed by atoms with Crippen molar-refractivity contribution in [3.8, 4) is 0 Å². The van der Waals surface area contributed by atoms with Gasteiger partial charge in [0.15, 0.2) is 0 Å². The van der Waals surface area contributed by atoms with E-state index in [1.54, 1.807) is 6.92 Å². The summed E-state index contributed by atoms with van der Waals surface area (Å²) in [5.74, 6) is -3.64. The molecule has 8 heteroatoms. The number of aliphatic carboxylic acids is 1. The Labute approximate surface area is 116 Å². The van der Waals surface area contributed by atoms with Crippen LogP contribution in [-0.4, -0.2) is 74.9 Å². The zero-order valence-electron chi connectivity index (χ0n) is 11.5. The maximum absolute atomic E-state index is 11.2. The van der Waals surface area contributed by atoms with E-state index in [1.807, 2.05) is 0 Å². The normalized spacial score (nSPS) is 37.4. The van der Waals surface area contributed by atoms with E-state index in [2.05, 4.69) is 0 Å². The first kappa shape index (κ1) is 17.3. The highest BCUT2D eigenvalue weighted by atomic mass is 16.7. The minimum Gasteiger partial charge on any atom is -0.477 e. The van der Waals surface area contributed by atoms with Crippen LogP contribution < -0.4 is 0 Å². The molecule has 0 aromatic rings. The number of carboxylic acids is 1. The summed E-state index contributed by atoms with van der Waals surface area (Å²) in [4.78, 5) is 11.2. The van der Waals surface area contributed by atoms with Gasteiger partial charge in [0.1, 0.15) is 18.3 Å². The van der Waals surface area contributed by atoms with E-state index in [-0.39, 0.29) is 6.42 Å². The molecule has 1 fully saturated rings. The van der Waals surface area contributed by atoms with Gasteiger partial charge in [-0.15, -0.1) is 0 Å². The molecule has 0 saturated carbocycles. The molecule has 0 spiro atoms. The van der Waals surface area contributed by atoms with Crippen LogP contribution >= 0.6 is 0 Å². The van der Waals surface area contributed by atoms with Crippen LogP contribution in [0.15, 0.2) is 0 Å². The van der Waals surface area contributed by atoms with Crippen LogP contribution in [0.4, 0.5) is 0 Å². The van der Waals surface area contributed by atoms with Gasteiger partial charge in [0.2, 0.25) is 0 Å². The van der Waals surface area contributed by atoms with Gasteiger partial charge >= 0.3 is 5.97 Å². The molecule has 6 atom stereocenters. The predicted molar refractivity (Wildman–Crippen MR) is 65.8 cm³/mol. The second kappa shape index (κ2) is 6.79. The van der Waals surface area contributed by atoms with Gasteiger partial charge in [-0.3, -0.25) is 0 Å². The number of carbonyl (C=O) groups is 1. The topological polar surface area (TPSA) is 137 Å². The van der Waals surface area contributed by atoms with E-state index in [0.717, 1.165) is 7.11 Å². The first-order chi connectivity index (χ1) is 9.29. The zero-order valence-corrected chi connectivity index (χ0v) is 11.5. The molecule has 1 heterocycles. The van der Waals surface area contributed by atoms with E-state index >= 15 is 0 Å². The molecule has 118 valence electrons. The van der Waals surface area contributed by atoms with Crippen molar-refractivity contribution < 1.29 is 39.8 Å². The van der Waals surface area contributed by atoms with Crippen molar-refractivity contribution in [2.75, 3.05) is 7.11 Å². The lowest BCUT2D eigenvalue weighted by atomic mass is 9.90. The molecule has 0 aromatic heterocycles. The van der Waals surface area contributed by atoms with Crippen LogP contribution in [0.5, 0.6) is 0 Å². The highest BCUT2D eigenvalue weighted by Gasteiger charge is 2.54. The van der Waals surface area contributed by atoms with Crippen LogP contribution in [0.2, 0.25) is 0 Å². The Kier molecular flexibility index (Phi) is 5.87. The Balaban J connectivity index is 2.95. The van der Waals surface area contributed by atoms with Crippen molar-refractivity contribution in [3.05, 3.63) is 0 Å². The van der Waals surface area contributed by atoms with E-state index in [9.17, 15) is 25.2 Å². The third-order valence-corrected chi connectivity index (χ3v) is 3.51. The molecule has 1 aliphatic heterocycles. The number of aliphatic hydroxyl groups is 4. The monoisotopic (exact) mass is 294 g/mol. The molecule has 0 amide bonds. The molecule has 2 unspecified atom stereocenters. The molecule has 8 nitrogen and oxygen atoms in total. The lowest BCUT2D eigenvalue weighted by Gasteiger charge is -2.44. The van der Waals surface area contributed by atoms with E-state index < -0.39 is 48.7 Å². The van der Waals surface area contributed by atoms with E-state index in [1.165, 1.54) is 0 Å². The van der Waals surface area contributed by atoms with E-state index in [4.69, 9.17) is 14.6 Å². The molecular weight excluding hydrogens is 272 g/mol. The van der Waals surface area contributed by atoms with Crippen molar-refractivity contribution in [1.29, 1.82) is 0 Å². The Bertz CT molecular complexity index is 335. The van der Waals surface area contributed by atoms with Crippen LogP contribution in [-0.2, 0) is 14.3 Å². The number of hydrogen-bond donors (Lipinski definition) is 5. The lowest BCUT2D eigenvalue weighted by molar-refractivity contribution is -0.320. The van der Waals surface area contributed by atoms with Crippen molar-refractivity contribution in [3.63, 3.8) is 0 Å². The van der Waals surface area contributed by atoms with Crippen LogP contribution in [0.3, 0.4) is 0 Å². The van der Waals surface area contributed by atoms with Crippen LogP contribution in [0, 0.1) is 0 Å². The largest absolute Gasteiger partial charge is 0.477 e. The molecule has 0 bridgehead atoms. The van der Waals surface area contributed by atoms with Gasteiger partial charge in [0.05, 0.1) is 12.2 Å². The average molecular weight is 294 g/mol. The summed E-state index contributed by atoms with van der Waals surface area (Å²) >= 11 is 0. The van der Waals surface area contributed by atoms with E-state index in [0.29, 0.717) is 6.42 Å². The molecule has 0 aliphatic carbocycles. The minimum absolute atomic E-state index is 0.247. The second-order valence-corrected chi connectivity index (χ2v) is 4.95. The van der Waals surface area contributed by atoms with Gasteiger partial charge in [0, 0.05) is 13.5 Å². The van der Waals surface area contributed by atoms with Gasteiger partial charge in [-0.05, 0) is 6.42 Å². The number of hydrogen-bond acceptors (Lipinski definition) is 7. The Morgan fingerprint density at radius 1 is 1.45 bits per heavy atom. The molecule has 1 rings (SSSR count).